The summed E-state index contributed by atoms with van der Waals surface area (Å²) < 4.78 is 23.3. The summed E-state index contributed by atoms with van der Waals surface area (Å²) in [5.41, 5.74) is 0.493. The summed E-state index contributed by atoms with van der Waals surface area (Å²) in [6, 6.07) is 7.54. The Morgan fingerprint density at radius 3 is 2.35 bits per heavy atom. The Balaban J connectivity index is 1.78. The lowest BCUT2D eigenvalue weighted by atomic mass is 9.96. The second-order valence-electron chi connectivity index (χ2n) is 7.98. The Morgan fingerprint density at radius 1 is 1.18 bits per heavy atom. The van der Waals surface area contributed by atoms with Gasteiger partial charge in [0.2, 0.25) is 0 Å². The number of esters is 1. The molecule has 1 saturated heterocycles. The van der Waals surface area contributed by atoms with E-state index in [0.717, 1.165) is 0 Å². The van der Waals surface area contributed by atoms with Crippen molar-refractivity contribution in [1.82, 2.24) is 4.90 Å². The minimum Gasteiger partial charge on any atom is -0.507 e. The van der Waals surface area contributed by atoms with E-state index in [9.17, 15) is 24.4 Å². The van der Waals surface area contributed by atoms with E-state index in [1.165, 1.54) is 25.1 Å². The summed E-state index contributed by atoms with van der Waals surface area (Å²) in [5, 5.41) is 19.0. The topological polar surface area (TPSA) is 113 Å². The highest BCUT2D eigenvalue weighted by Gasteiger charge is 2.30. The van der Waals surface area contributed by atoms with Crippen molar-refractivity contribution in [3.63, 3.8) is 0 Å². The van der Waals surface area contributed by atoms with Crippen LogP contribution in [0.15, 0.2) is 39.3 Å². The second-order valence-corrected chi connectivity index (χ2v) is 10.7. The molecule has 0 aliphatic carbocycles. The zero-order valence-corrected chi connectivity index (χ0v) is 22.7. The molecule has 34 heavy (non-hydrogen) atoms. The van der Waals surface area contributed by atoms with Crippen molar-refractivity contribution < 1.29 is 33.8 Å². The summed E-state index contributed by atoms with van der Waals surface area (Å²) in [7, 11) is -0.448. The lowest BCUT2D eigenvalue weighted by Crippen LogP contribution is -2.40. The summed E-state index contributed by atoms with van der Waals surface area (Å²) in [5.74, 6) is -0.321. The Morgan fingerprint density at radius 2 is 1.79 bits per heavy atom. The molecule has 1 unspecified atom stereocenters. The van der Waals surface area contributed by atoms with Crippen molar-refractivity contribution in [2.75, 3.05) is 19.7 Å². The number of likely N-dealkylation sites (tertiary alicyclic amines) is 1. The van der Waals surface area contributed by atoms with Crippen molar-refractivity contribution in [1.29, 1.82) is 0 Å². The Labute approximate surface area is 215 Å². The Hall–Kier alpha value is -2.00. The predicted molar refractivity (Wildman–Crippen MR) is 132 cm³/mol. The van der Waals surface area contributed by atoms with Crippen LogP contribution in [0.25, 0.3) is 0 Å². The van der Waals surface area contributed by atoms with E-state index in [0.29, 0.717) is 58.5 Å². The molecule has 1 atom stereocenters. The molecule has 0 bridgehead atoms. The van der Waals surface area contributed by atoms with E-state index in [-0.39, 0.29) is 29.1 Å². The number of phenolic OH excluding ortho intramolecular Hbond substituents is 1. The first-order chi connectivity index (χ1) is 16.1. The Bertz CT molecular complexity index is 1080. The van der Waals surface area contributed by atoms with E-state index in [4.69, 9.17) is 9.47 Å². The molecule has 2 aromatic carbocycles. The zero-order chi connectivity index (χ0) is 25.0. The number of hydrogen-bond donors (Lipinski definition) is 2. The van der Waals surface area contributed by atoms with Crippen LogP contribution in [0.2, 0.25) is 0 Å². The summed E-state index contributed by atoms with van der Waals surface area (Å²) in [6.07, 6.45) is 1.00. The molecule has 1 amide bonds. The molecule has 8 nitrogen and oxygen atoms in total. The number of halogens is 2. The van der Waals surface area contributed by atoms with Crippen LogP contribution < -0.4 is 4.74 Å². The fraction of sp³-hybridized carbons (Fsp3) is 0.391. The lowest BCUT2D eigenvalue weighted by Gasteiger charge is -2.31. The fourth-order valence-corrected chi connectivity index (χ4v) is 5.18. The van der Waals surface area contributed by atoms with Gasteiger partial charge in [-0.1, -0.05) is 0 Å². The molecule has 0 aromatic heterocycles. The van der Waals surface area contributed by atoms with Gasteiger partial charge in [-0.15, -0.1) is 0 Å². The number of rotatable bonds is 7. The van der Waals surface area contributed by atoms with Crippen LogP contribution in [-0.2, 0) is 19.4 Å². The highest BCUT2D eigenvalue weighted by Crippen LogP contribution is 2.43. The molecule has 2 N–H and O–H groups in total. The number of amides is 1. The SMILES string of the molecule is CCOC(=O)C1CCN(C(=O)c2cc(Oc3c(Br)cc(C(C)(O)P=O)cc3Br)ccc2O)CC1. The number of ether oxygens (including phenoxy) is 2. The standard InChI is InChI=1S/C23H24Br2NO7P/c1-3-32-22(29)13-6-8-26(9-7-13)21(28)16-12-15(4-5-19(16)27)33-20-17(24)10-14(11-18(20)25)23(2,30)34-31/h4-5,10-13,27,30H,3,6-9H2,1-2H3. The maximum absolute atomic E-state index is 13.1. The average Bonchev–Trinajstić information content (AvgIpc) is 2.82. The summed E-state index contributed by atoms with van der Waals surface area (Å²) in [4.78, 5) is 26.6. The van der Waals surface area contributed by atoms with E-state index in [1.807, 2.05) is 0 Å². The zero-order valence-electron chi connectivity index (χ0n) is 18.6. The first-order valence-corrected chi connectivity index (χ1v) is 13.0. The van der Waals surface area contributed by atoms with Gasteiger partial charge in [-0.05, 0) is 94.4 Å². The summed E-state index contributed by atoms with van der Waals surface area (Å²) in [6.45, 7) is 4.26. The van der Waals surface area contributed by atoms with Crippen molar-refractivity contribution in [3.05, 3.63) is 50.4 Å². The largest absolute Gasteiger partial charge is 0.507 e. The number of benzene rings is 2. The van der Waals surface area contributed by atoms with Gasteiger partial charge in [-0.25, -0.2) is 0 Å². The Kier molecular flexibility index (Phi) is 8.73. The predicted octanol–water partition coefficient (Wildman–Crippen LogP) is 5.58. The van der Waals surface area contributed by atoms with Crippen LogP contribution in [-0.4, -0.2) is 46.7 Å². The number of aliphatic hydroxyl groups is 1. The molecule has 0 saturated carbocycles. The third kappa shape index (κ3) is 5.97. The van der Waals surface area contributed by atoms with Gasteiger partial charge in [0.1, 0.15) is 11.5 Å². The first kappa shape index (κ1) is 26.6. The van der Waals surface area contributed by atoms with Gasteiger partial charge in [0, 0.05) is 13.1 Å². The average molecular weight is 617 g/mol. The van der Waals surface area contributed by atoms with Crippen molar-refractivity contribution >= 4 is 52.2 Å². The number of carbonyl (C=O) groups excluding carboxylic acids is 2. The van der Waals surface area contributed by atoms with E-state index < -0.39 is 13.8 Å². The molecule has 1 fully saturated rings. The highest BCUT2D eigenvalue weighted by atomic mass is 79.9. The third-order valence-electron chi connectivity index (χ3n) is 5.54. The van der Waals surface area contributed by atoms with Gasteiger partial charge in [0.15, 0.2) is 19.6 Å². The number of piperidine rings is 1. The number of aromatic hydroxyl groups is 1. The smallest absolute Gasteiger partial charge is 0.309 e. The fourth-order valence-electron chi connectivity index (χ4n) is 3.60. The molecule has 11 heteroatoms. The molecule has 3 rings (SSSR count). The van der Waals surface area contributed by atoms with Gasteiger partial charge in [-0.3, -0.25) is 14.2 Å². The van der Waals surface area contributed by atoms with Crippen LogP contribution >= 0.6 is 40.3 Å². The van der Waals surface area contributed by atoms with Gasteiger partial charge >= 0.3 is 5.97 Å². The van der Waals surface area contributed by atoms with Crippen LogP contribution in [0.3, 0.4) is 0 Å². The second kappa shape index (κ2) is 11.2. The molecular formula is C23H24Br2NO7P. The number of nitrogens with zero attached hydrogens (tertiary/aromatic N) is 1. The monoisotopic (exact) mass is 615 g/mol. The minimum atomic E-state index is -1.57. The number of carbonyl (C=O) groups is 2. The third-order valence-corrected chi connectivity index (χ3v) is 7.34. The minimum absolute atomic E-state index is 0.0871. The molecular weight excluding hydrogens is 593 g/mol. The van der Waals surface area contributed by atoms with Crippen LogP contribution in [0.4, 0.5) is 0 Å². The van der Waals surface area contributed by atoms with Crippen molar-refractivity contribution in [3.8, 4) is 17.2 Å². The van der Waals surface area contributed by atoms with Crippen molar-refractivity contribution in [2.24, 2.45) is 5.92 Å². The molecule has 2 aromatic rings. The molecule has 1 aliphatic heterocycles. The maximum Gasteiger partial charge on any atom is 0.309 e. The maximum atomic E-state index is 13.1. The van der Waals surface area contributed by atoms with Crippen molar-refractivity contribution in [2.45, 2.75) is 32.0 Å². The van der Waals surface area contributed by atoms with Crippen LogP contribution in [0, 0.1) is 5.92 Å². The normalized spacial score (nSPS) is 16.2. The quantitative estimate of drug-likeness (QED) is 0.308. The van der Waals surface area contributed by atoms with Gasteiger partial charge in [-0.2, -0.15) is 0 Å². The van der Waals surface area contributed by atoms with E-state index in [1.54, 1.807) is 24.0 Å². The van der Waals surface area contributed by atoms with Gasteiger partial charge < -0.3 is 24.6 Å². The molecule has 0 spiro atoms. The van der Waals surface area contributed by atoms with Crippen LogP contribution in [0.5, 0.6) is 17.2 Å². The van der Waals surface area contributed by atoms with E-state index >= 15 is 0 Å². The molecule has 182 valence electrons. The molecule has 1 heterocycles. The van der Waals surface area contributed by atoms with Crippen LogP contribution in [0.1, 0.15) is 42.6 Å². The van der Waals surface area contributed by atoms with Gasteiger partial charge in [0.25, 0.3) is 5.91 Å². The van der Waals surface area contributed by atoms with E-state index in [2.05, 4.69) is 31.9 Å². The highest BCUT2D eigenvalue weighted by molar-refractivity contribution is 9.11. The summed E-state index contributed by atoms with van der Waals surface area (Å²) >= 11 is 6.79. The molecule has 0 radical (unpaired) electrons. The first-order valence-electron chi connectivity index (χ1n) is 10.6. The number of phenols is 1. The lowest BCUT2D eigenvalue weighted by molar-refractivity contribution is -0.149. The number of hydrogen-bond acceptors (Lipinski definition) is 7. The van der Waals surface area contributed by atoms with Gasteiger partial charge in [0.05, 0.1) is 27.0 Å². The molecule has 1 aliphatic rings.